The predicted octanol–water partition coefficient (Wildman–Crippen LogP) is 3.91. The number of nitrogens with zero attached hydrogens (tertiary/aromatic N) is 1. The first-order valence-corrected chi connectivity index (χ1v) is 9.25. The van der Waals surface area contributed by atoms with Gasteiger partial charge in [-0.25, -0.2) is 0 Å². The number of hydrogen-bond donors (Lipinski definition) is 1. The summed E-state index contributed by atoms with van der Waals surface area (Å²) in [6.07, 6.45) is 4.21. The van der Waals surface area contributed by atoms with Gasteiger partial charge in [-0.2, -0.15) is 0 Å². The number of hydrogen-bond acceptors (Lipinski definition) is 5. The molecule has 142 valence electrons. The maximum Gasteiger partial charge on any atom is 0.306 e. The molecule has 1 aromatic heterocycles. The highest BCUT2D eigenvalue weighted by Crippen LogP contribution is 2.24. The Morgan fingerprint density at radius 2 is 1.89 bits per heavy atom. The minimum absolute atomic E-state index is 0.123. The van der Waals surface area contributed by atoms with E-state index in [-0.39, 0.29) is 27.7 Å². The highest BCUT2D eigenvalue weighted by atomic mass is 35.5. The molecule has 1 unspecified atom stereocenters. The Morgan fingerprint density at radius 3 is 2.52 bits per heavy atom. The van der Waals surface area contributed by atoms with E-state index < -0.39 is 5.91 Å². The molecule has 0 saturated carbocycles. The van der Waals surface area contributed by atoms with E-state index in [0.717, 1.165) is 12.0 Å². The lowest BCUT2D eigenvalue weighted by Gasteiger charge is -2.10. The van der Waals surface area contributed by atoms with E-state index in [4.69, 9.17) is 32.7 Å². The maximum atomic E-state index is 12.3. The fraction of sp³-hybridized carbons (Fsp3) is 0.316. The zero-order valence-corrected chi connectivity index (χ0v) is 15.9. The van der Waals surface area contributed by atoms with Crippen LogP contribution in [0, 0.1) is 0 Å². The van der Waals surface area contributed by atoms with E-state index in [1.807, 2.05) is 12.1 Å². The number of amides is 1. The first-order chi connectivity index (χ1) is 13.0. The zero-order chi connectivity index (χ0) is 19.2. The van der Waals surface area contributed by atoms with Gasteiger partial charge in [-0.15, -0.1) is 0 Å². The predicted molar refractivity (Wildman–Crippen MR) is 102 cm³/mol. The van der Waals surface area contributed by atoms with Gasteiger partial charge in [0.05, 0.1) is 28.8 Å². The van der Waals surface area contributed by atoms with Crippen molar-refractivity contribution in [1.29, 1.82) is 0 Å². The molecule has 0 aliphatic carbocycles. The van der Waals surface area contributed by atoms with Gasteiger partial charge in [-0.05, 0) is 24.1 Å². The number of pyridine rings is 1. The summed E-state index contributed by atoms with van der Waals surface area (Å²) in [6, 6.07) is 7.20. The van der Waals surface area contributed by atoms with Crippen LogP contribution < -0.4 is 5.32 Å². The molecule has 27 heavy (non-hydrogen) atoms. The van der Waals surface area contributed by atoms with Gasteiger partial charge in [0.2, 0.25) is 0 Å². The van der Waals surface area contributed by atoms with Gasteiger partial charge in [-0.3, -0.25) is 14.6 Å². The van der Waals surface area contributed by atoms with Crippen molar-refractivity contribution < 1.29 is 19.1 Å². The molecule has 1 fully saturated rings. The highest BCUT2D eigenvalue weighted by molar-refractivity contribution is 6.40. The van der Waals surface area contributed by atoms with E-state index in [1.165, 1.54) is 12.4 Å². The van der Waals surface area contributed by atoms with Gasteiger partial charge in [0.15, 0.2) is 0 Å². The fourth-order valence-electron chi connectivity index (χ4n) is 2.67. The molecule has 0 spiro atoms. The highest BCUT2D eigenvalue weighted by Gasteiger charge is 2.19. The largest absolute Gasteiger partial charge is 0.460 e. The molecule has 8 heteroatoms. The summed E-state index contributed by atoms with van der Waals surface area (Å²) in [7, 11) is 0. The van der Waals surface area contributed by atoms with Crippen LogP contribution in [0.15, 0.2) is 36.7 Å². The molecular weight excluding hydrogens is 391 g/mol. The minimum atomic E-state index is -0.414. The first kappa shape index (κ1) is 19.6. The van der Waals surface area contributed by atoms with Gasteiger partial charge >= 0.3 is 5.97 Å². The Balaban J connectivity index is 1.52. The third kappa shape index (κ3) is 5.42. The van der Waals surface area contributed by atoms with E-state index in [2.05, 4.69) is 10.3 Å². The lowest BCUT2D eigenvalue weighted by Crippen LogP contribution is -2.18. The van der Waals surface area contributed by atoms with Gasteiger partial charge in [0.25, 0.3) is 5.91 Å². The van der Waals surface area contributed by atoms with Crippen LogP contribution >= 0.6 is 23.2 Å². The van der Waals surface area contributed by atoms with E-state index in [0.29, 0.717) is 31.7 Å². The smallest absolute Gasteiger partial charge is 0.306 e. The third-order valence-electron chi connectivity index (χ3n) is 4.10. The lowest BCUT2D eigenvalue weighted by molar-refractivity contribution is -0.148. The SMILES string of the molecule is O=C(CCc1ccc(NC(=O)c2c(Cl)cncc2Cl)cc1)OC1CCOC1. The van der Waals surface area contributed by atoms with Crippen LogP contribution in [0.4, 0.5) is 5.69 Å². The Bertz CT molecular complexity index is 801. The average molecular weight is 409 g/mol. The summed E-state index contributed by atoms with van der Waals surface area (Å²) in [5.41, 5.74) is 1.74. The normalized spacial score (nSPS) is 16.1. The number of ether oxygens (including phenoxy) is 2. The molecular formula is C19H18Cl2N2O4. The zero-order valence-electron chi connectivity index (χ0n) is 14.4. The second kappa shape index (κ2) is 9.17. The van der Waals surface area contributed by atoms with Gasteiger partial charge in [0.1, 0.15) is 6.10 Å². The molecule has 2 heterocycles. The van der Waals surface area contributed by atoms with Crippen LogP contribution in [0.3, 0.4) is 0 Å². The summed E-state index contributed by atoms with van der Waals surface area (Å²) in [4.78, 5) is 28.0. The van der Waals surface area contributed by atoms with Gasteiger partial charge in [-0.1, -0.05) is 35.3 Å². The fourth-order valence-corrected chi connectivity index (χ4v) is 3.21. The van der Waals surface area contributed by atoms with Crippen molar-refractivity contribution in [3.63, 3.8) is 0 Å². The van der Waals surface area contributed by atoms with Crippen molar-refractivity contribution in [1.82, 2.24) is 4.98 Å². The molecule has 0 radical (unpaired) electrons. The molecule has 1 aromatic carbocycles. The number of aryl methyl sites for hydroxylation is 1. The second-order valence-electron chi connectivity index (χ2n) is 6.10. The number of carbonyl (C=O) groups excluding carboxylic acids is 2. The van der Waals surface area contributed by atoms with Crippen LogP contribution in [0.2, 0.25) is 10.0 Å². The number of nitrogens with one attached hydrogen (secondary N) is 1. The number of anilines is 1. The second-order valence-corrected chi connectivity index (χ2v) is 6.92. The number of benzene rings is 1. The van der Waals surface area contributed by atoms with E-state index in [1.54, 1.807) is 12.1 Å². The quantitative estimate of drug-likeness (QED) is 0.733. The van der Waals surface area contributed by atoms with Crippen molar-refractivity contribution in [3.8, 4) is 0 Å². The van der Waals surface area contributed by atoms with Crippen molar-refractivity contribution in [2.24, 2.45) is 0 Å². The Kier molecular flexibility index (Phi) is 6.66. The minimum Gasteiger partial charge on any atom is -0.460 e. The molecule has 0 bridgehead atoms. The summed E-state index contributed by atoms with van der Waals surface area (Å²) in [5.74, 6) is -0.646. The van der Waals surface area contributed by atoms with Gasteiger partial charge in [0, 0.05) is 30.9 Å². The Morgan fingerprint density at radius 1 is 1.19 bits per heavy atom. The van der Waals surface area contributed by atoms with Crippen LogP contribution in [0.1, 0.15) is 28.8 Å². The van der Waals surface area contributed by atoms with E-state index in [9.17, 15) is 9.59 Å². The summed E-state index contributed by atoms with van der Waals surface area (Å²) in [6.45, 7) is 1.12. The summed E-state index contributed by atoms with van der Waals surface area (Å²) < 4.78 is 10.5. The third-order valence-corrected chi connectivity index (χ3v) is 4.67. The molecule has 2 aromatic rings. The van der Waals surface area contributed by atoms with Crippen molar-refractivity contribution in [2.75, 3.05) is 18.5 Å². The van der Waals surface area contributed by atoms with Crippen molar-refractivity contribution in [3.05, 3.63) is 57.8 Å². The first-order valence-electron chi connectivity index (χ1n) is 8.49. The van der Waals surface area contributed by atoms with Crippen LogP contribution in [-0.2, 0) is 20.7 Å². The van der Waals surface area contributed by atoms with Crippen LogP contribution in [0.25, 0.3) is 0 Å². The summed E-state index contributed by atoms with van der Waals surface area (Å²) >= 11 is 12.0. The molecule has 1 amide bonds. The number of halogens is 2. The topological polar surface area (TPSA) is 77.5 Å². The lowest BCUT2D eigenvalue weighted by atomic mass is 10.1. The molecule has 1 N–H and O–H groups in total. The number of esters is 1. The number of aromatic nitrogens is 1. The molecule has 1 aliphatic rings. The van der Waals surface area contributed by atoms with Crippen molar-refractivity contribution in [2.45, 2.75) is 25.4 Å². The standard InChI is InChI=1S/C19H18Cl2N2O4/c20-15-9-22-10-16(21)18(15)19(25)23-13-4-1-12(2-5-13)3-6-17(24)27-14-7-8-26-11-14/h1-2,4-5,9-10,14H,3,6-8,11H2,(H,23,25). The number of rotatable bonds is 6. The molecule has 1 atom stereocenters. The molecule has 6 nitrogen and oxygen atoms in total. The molecule has 3 rings (SSSR count). The molecule has 1 aliphatic heterocycles. The van der Waals surface area contributed by atoms with E-state index >= 15 is 0 Å². The maximum absolute atomic E-state index is 12.3. The Labute approximate surface area is 166 Å². The number of carbonyl (C=O) groups is 2. The Hall–Kier alpha value is -2.15. The average Bonchev–Trinajstić information content (AvgIpc) is 3.14. The summed E-state index contributed by atoms with van der Waals surface area (Å²) in [5, 5.41) is 3.11. The van der Waals surface area contributed by atoms with Crippen molar-refractivity contribution >= 4 is 40.8 Å². The van der Waals surface area contributed by atoms with Gasteiger partial charge < -0.3 is 14.8 Å². The molecule has 1 saturated heterocycles. The van der Waals surface area contributed by atoms with Crippen LogP contribution in [-0.4, -0.2) is 36.2 Å². The monoisotopic (exact) mass is 408 g/mol. The van der Waals surface area contributed by atoms with Crippen LogP contribution in [0.5, 0.6) is 0 Å².